The van der Waals surface area contributed by atoms with Crippen molar-refractivity contribution in [2.24, 2.45) is 0 Å². The first kappa shape index (κ1) is 23.4. The van der Waals surface area contributed by atoms with E-state index in [9.17, 15) is 18.0 Å². The highest BCUT2D eigenvalue weighted by Gasteiger charge is 2.19. The van der Waals surface area contributed by atoms with Gasteiger partial charge in [0.1, 0.15) is 0 Å². The van der Waals surface area contributed by atoms with Crippen molar-refractivity contribution in [2.75, 3.05) is 31.6 Å². The van der Waals surface area contributed by atoms with Crippen LogP contribution in [0, 0.1) is 0 Å². The smallest absolute Gasteiger partial charge is 0.305 e. The van der Waals surface area contributed by atoms with E-state index in [2.05, 4.69) is 14.8 Å². The molecule has 3 rings (SSSR count). The number of amides is 1. The minimum absolute atomic E-state index is 0.0298. The molecule has 10 heteroatoms. The van der Waals surface area contributed by atoms with Gasteiger partial charge in [0.25, 0.3) is 15.9 Å². The molecule has 172 valence electrons. The number of sulfonamides is 1. The highest BCUT2D eigenvalue weighted by Crippen LogP contribution is 2.32. The molecule has 0 aromatic heterocycles. The molecule has 32 heavy (non-hydrogen) atoms. The maximum Gasteiger partial charge on any atom is 0.305 e. The van der Waals surface area contributed by atoms with E-state index in [1.165, 1.54) is 25.3 Å². The number of hydrogen-bond acceptors (Lipinski definition) is 7. The van der Waals surface area contributed by atoms with Crippen molar-refractivity contribution >= 4 is 27.6 Å². The van der Waals surface area contributed by atoms with Gasteiger partial charge in [-0.1, -0.05) is 6.07 Å². The molecule has 1 amide bonds. The van der Waals surface area contributed by atoms with E-state index in [0.717, 1.165) is 6.42 Å². The molecule has 0 unspecified atom stereocenters. The second-order valence-corrected chi connectivity index (χ2v) is 8.82. The Morgan fingerprint density at radius 3 is 2.59 bits per heavy atom. The van der Waals surface area contributed by atoms with E-state index in [1.54, 1.807) is 24.3 Å². The lowest BCUT2D eigenvalue weighted by Crippen LogP contribution is -2.24. The maximum atomic E-state index is 12.8. The standard InChI is InChI=1S/C22H26N2O7S/c1-29-21(25)8-2-3-11-23-22(26)16-6-4-7-17(14-16)24-32(27,28)18-9-10-19-20(15-18)31-13-5-12-30-19/h4,6-7,9-10,14-15,24H,2-3,5,8,11-13H2,1H3,(H,23,26). The number of esters is 1. The van der Waals surface area contributed by atoms with E-state index in [-0.39, 0.29) is 22.5 Å². The van der Waals surface area contributed by atoms with Crippen LogP contribution < -0.4 is 19.5 Å². The number of ether oxygens (including phenoxy) is 3. The summed E-state index contributed by atoms with van der Waals surface area (Å²) < 4.78 is 43.8. The summed E-state index contributed by atoms with van der Waals surface area (Å²) in [6, 6.07) is 10.7. The van der Waals surface area contributed by atoms with E-state index < -0.39 is 10.0 Å². The number of carbonyl (C=O) groups excluding carboxylic acids is 2. The first-order valence-electron chi connectivity index (χ1n) is 10.3. The van der Waals surface area contributed by atoms with Crippen LogP contribution >= 0.6 is 0 Å². The number of methoxy groups -OCH3 is 1. The summed E-state index contributed by atoms with van der Waals surface area (Å²) >= 11 is 0. The van der Waals surface area contributed by atoms with Crippen LogP contribution in [0.2, 0.25) is 0 Å². The van der Waals surface area contributed by atoms with Crippen molar-refractivity contribution < 1.29 is 32.2 Å². The Balaban J connectivity index is 1.62. The fourth-order valence-electron chi connectivity index (χ4n) is 3.05. The molecule has 1 aliphatic heterocycles. The third kappa shape index (κ3) is 6.36. The van der Waals surface area contributed by atoms with Gasteiger partial charge in [0.15, 0.2) is 11.5 Å². The Hall–Kier alpha value is -3.27. The molecule has 9 nitrogen and oxygen atoms in total. The highest BCUT2D eigenvalue weighted by atomic mass is 32.2. The molecule has 0 radical (unpaired) electrons. The summed E-state index contributed by atoms with van der Waals surface area (Å²) in [4.78, 5) is 23.5. The molecule has 2 aromatic carbocycles. The number of fused-ring (bicyclic) bond motifs is 1. The number of anilines is 1. The van der Waals surface area contributed by atoms with Crippen LogP contribution in [0.5, 0.6) is 11.5 Å². The Labute approximate surface area is 187 Å². The number of carbonyl (C=O) groups is 2. The van der Waals surface area contributed by atoms with Crippen molar-refractivity contribution in [3.05, 3.63) is 48.0 Å². The van der Waals surface area contributed by atoms with Crippen LogP contribution in [-0.2, 0) is 19.6 Å². The lowest BCUT2D eigenvalue weighted by Gasteiger charge is -2.12. The minimum atomic E-state index is -3.90. The lowest BCUT2D eigenvalue weighted by atomic mass is 10.2. The summed E-state index contributed by atoms with van der Waals surface area (Å²) in [6.45, 7) is 1.35. The third-order valence-corrected chi connectivity index (χ3v) is 6.11. The fourth-order valence-corrected chi connectivity index (χ4v) is 4.11. The largest absolute Gasteiger partial charge is 0.490 e. The summed E-state index contributed by atoms with van der Waals surface area (Å²) in [5, 5.41) is 2.75. The quantitative estimate of drug-likeness (QED) is 0.434. The van der Waals surface area contributed by atoms with Crippen molar-refractivity contribution in [1.29, 1.82) is 0 Å². The predicted molar refractivity (Wildman–Crippen MR) is 117 cm³/mol. The SMILES string of the molecule is COC(=O)CCCCNC(=O)c1cccc(NS(=O)(=O)c2ccc3c(c2)OCCCO3)c1. The Bertz CT molecular complexity index is 1070. The van der Waals surface area contributed by atoms with Crippen LogP contribution in [0.25, 0.3) is 0 Å². The van der Waals surface area contributed by atoms with Crippen LogP contribution in [-0.4, -0.2) is 47.2 Å². The Morgan fingerprint density at radius 2 is 1.81 bits per heavy atom. The lowest BCUT2D eigenvalue weighted by molar-refractivity contribution is -0.140. The zero-order chi connectivity index (χ0) is 23.0. The van der Waals surface area contributed by atoms with Gasteiger partial charge in [-0.25, -0.2) is 8.42 Å². The molecule has 0 fully saturated rings. The number of nitrogens with one attached hydrogen (secondary N) is 2. The number of unbranched alkanes of at least 4 members (excludes halogenated alkanes) is 1. The summed E-state index contributed by atoms with van der Waals surface area (Å²) in [5.74, 6) is 0.266. The van der Waals surface area contributed by atoms with E-state index in [4.69, 9.17) is 9.47 Å². The summed E-state index contributed by atoms with van der Waals surface area (Å²) in [5.41, 5.74) is 0.576. The Kier molecular flexibility index (Phi) is 7.93. The van der Waals surface area contributed by atoms with E-state index >= 15 is 0 Å². The van der Waals surface area contributed by atoms with E-state index in [0.29, 0.717) is 56.1 Å². The van der Waals surface area contributed by atoms with Crippen molar-refractivity contribution in [1.82, 2.24) is 5.32 Å². The van der Waals surface area contributed by atoms with Gasteiger partial charge >= 0.3 is 5.97 Å². The Morgan fingerprint density at radius 1 is 1.03 bits per heavy atom. The molecule has 0 spiro atoms. The monoisotopic (exact) mass is 462 g/mol. The van der Waals surface area contributed by atoms with Crippen LogP contribution in [0.15, 0.2) is 47.4 Å². The van der Waals surface area contributed by atoms with Gasteiger partial charge in [0.2, 0.25) is 0 Å². The average molecular weight is 463 g/mol. The fraction of sp³-hybridized carbons (Fsp3) is 0.364. The molecule has 0 saturated heterocycles. The van der Waals surface area contributed by atoms with Crippen LogP contribution in [0.3, 0.4) is 0 Å². The van der Waals surface area contributed by atoms with Crippen molar-refractivity contribution in [3.63, 3.8) is 0 Å². The van der Waals surface area contributed by atoms with Gasteiger partial charge < -0.3 is 19.5 Å². The molecule has 1 aliphatic rings. The van der Waals surface area contributed by atoms with Gasteiger partial charge in [-0.2, -0.15) is 0 Å². The highest BCUT2D eigenvalue weighted by molar-refractivity contribution is 7.92. The van der Waals surface area contributed by atoms with Crippen molar-refractivity contribution in [3.8, 4) is 11.5 Å². The molecule has 1 heterocycles. The second-order valence-electron chi connectivity index (χ2n) is 7.13. The molecular formula is C22H26N2O7S. The molecular weight excluding hydrogens is 436 g/mol. The predicted octanol–water partition coefficient (Wildman–Crippen LogP) is 2.72. The molecule has 0 saturated carbocycles. The molecule has 0 bridgehead atoms. The minimum Gasteiger partial charge on any atom is -0.490 e. The van der Waals surface area contributed by atoms with Gasteiger partial charge in [0, 0.05) is 36.7 Å². The van der Waals surface area contributed by atoms with Gasteiger partial charge in [-0.05, 0) is 43.2 Å². The topological polar surface area (TPSA) is 120 Å². The number of rotatable bonds is 9. The second kappa shape index (κ2) is 10.9. The normalized spacial score (nSPS) is 13.0. The molecule has 0 aliphatic carbocycles. The zero-order valence-electron chi connectivity index (χ0n) is 17.8. The summed E-state index contributed by atoms with van der Waals surface area (Å²) in [6.07, 6.45) is 2.23. The average Bonchev–Trinajstić information content (AvgIpc) is 3.03. The van der Waals surface area contributed by atoms with E-state index in [1.807, 2.05) is 0 Å². The van der Waals surface area contributed by atoms with Gasteiger partial charge in [-0.15, -0.1) is 0 Å². The molecule has 2 N–H and O–H groups in total. The van der Waals surface area contributed by atoms with Gasteiger partial charge in [-0.3, -0.25) is 14.3 Å². The van der Waals surface area contributed by atoms with Crippen molar-refractivity contribution in [2.45, 2.75) is 30.6 Å². The molecule has 2 aromatic rings. The molecule has 0 atom stereocenters. The zero-order valence-corrected chi connectivity index (χ0v) is 18.6. The first-order valence-corrected chi connectivity index (χ1v) is 11.7. The summed E-state index contributed by atoms with van der Waals surface area (Å²) in [7, 11) is -2.56. The number of hydrogen-bond donors (Lipinski definition) is 2. The first-order chi connectivity index (χ1) is 15.4. The van der Waals surface area contributed by atoms with Crippen LogP contribution in [0.4, 0.5) is 5.69 Å². The van der Waals surface area contributed by atoms with Gasteiger partial charge in [0.05, 0.1) is 25.2 Å². The maximum absolute atomic E-state index is 12.8. The van der Waals surface area contributed by atoms with Crippen LogP contribution in [0.1, 0.15) is 36.0 Å². The third-order valence-electron chi connectivity index (χ3n) is 4.73. The number of benzene rings is 2.